The maximum Gasteiger partial charge on any atom is 0.125 e. The Labute approximate surface area is 122 Å². The van der Waals surface area contributed by atoms with Gasteiger partial charge in [0.1, 0.15) is 11.4 Å². The second-order valence-electron chi connectivity index (χ2n) is 6.20. The van der Waals surface area contributed by atoms with Crippen LogP contribution in [0.1, 0.15) is 30.9 Å². The van der Waals surface area contributed by atoms with Crippen molar-refractivity contribution in [3.8, 4) is 5.75 Å². The molecule has 3 aliphatic rings. The monoisotopic (exact) mass is 322 g/mol. The number of hydrogen-bond acceptors (Lipinski definition) is 3. The lowest BCUT2D eigenvalue weighted by Gasteiger charge is -2.47. The smallest absolute Gasteiger partial charge is 0.125 e. The number of nitrogens with zero attached hydrogens (tertiary/aromatic N) is 1. The van der Waals surface area contributed by atoms with Gasteiger partial charge in [-0.25, -0.2) is 0 Å². The molecule has 0 aliphatic carbocycles. The van der Waals surface area contributed by atoms with Crippen LogP contribution in [0.5, 0.6) is 5.75 Å². The molecule has 2 N–H and O–H groups in total. The van der Waals surface area contributed by atoms with E-state index in [1.54, 1.807) is 0 Å². The summed E-state index contributed by atoms with van der Waals surface area (Å²) in [5.74, 6) is 1.66. The Balaban J connectivity index is 1.72. The molecular weight excluding hydrogens is 304 g/mol. The van der Waals surface area contributed by atoms with Gasteiger partial charge >= 0.3 is 0 Å². The lowest BCUT2D eigenvalue weighted by Crippen LogP contribution is -2.53. The van der Waals surface area contributed by atoms with Crippen LogP contribution in [0.2, 0.25) is 0 Å². The molecule has 3 aliphatic heterocycles. The Morgan fingerprint density at radius 2 is 2.26 bits per heavy atom. The largest absolute Gasteiger partial charge is 0.486 e. The molecule has 102 valence electrons. The summed E-state index contributed by atoms with van der Waals surface area (Å²) in [6, 6.07) is 6.33. The molecule has 2 fully saturated rings. The van der Waals surface area contributed by atoms with Crippen molar-refractivity contribution in [1.29, 1.82) is 0 Å². The zero-order chi connectivity index (χ0) is 13.0. The van der Waals surface area contributed by atoms with Crippen LogP contribution in [0, 0.1) is 5.92 Å². The summed E-state index contributed by atoms with van der Waals surface area (Å²) in [6.45, 7) is 3.59. The molecule has 0 amide bonds. The molecule has 4 atom stereocenters. The van der Waals surface area contributed by atoms with Crippen molar-refractivity contribution in [1.82, 2.24) is 4.90 Å². The molecule has 1 aromatic rings. The van der Waals surface area contributed by atoms with Crippen LogP contribution in [-0.2, 0) is 0 Å². The van der Waals surface area contributed by atoms with Crippen LogP contribution in [0.3, 0.4) is 0 Å². The first-order valence-corrected chi connectivity index (χ1v) is 7.92. The standard InChI is InChI=1S/C15H19BrN2O/c16-11-1-2-14-12(7-11)13(17)8-15(19-14)4-6-18-5-3-10(15)9-18/h1-2,7,10,13H,3-6,8-9,17H2/t10?,13-,15?/m0/s1. The Morgan fingerprint density at radius 1 is 1.37 bits per heavy atom. The molecule has 3 heterocycles. The van der Waals surface area contributed by atoms with Crippen LogP contribution < -0.4 is 10.5 Å². The molecule has 3 nitrogen and oxygen atoms in total. The number of fused-ring (bicyclic) bond motifs is 4. The van der Waals surface area contributed by atoms with E-state index in [2.05, 4.69) is 33.0 Å². The number of rotatable bonds is 0. The summed E-state index contributed by atoms with van der Waals surface area (Å²) in [5, 5.41) is 0. The summed E-state index contributed by atoms with van der Waals surface area (Å²) in [7, 11) is 0. The van der Waals surface area contributed by atoms with Gasteiger partial charge in [-0.1, -0.05) is 15.9 Å². The fraction of sp³-hybridized carbons (Fsp3) is 0.600. The summed E-state index contributed by atoms with van der Waals surface area (Å²) in [6.07, 6.45) is 3.36. The minimum atomic E-state index is -0.00670. The van der Waals surface area contributed by atoms with Crippen molar-refractivity contribution in [2.24, 2.45) is 11.7 Å². The Kier molecular flexibility index (Phi) is 2.70. The normalized spacial score (nSPS) is 40.0. The molecule has 0 radical (unpaired) electrons. The van der Waals surface area contributed by atoms with Crippen molar-refractivity contribution in [2.45, 2.75) is 30.9 Å². The summed E-state index contributed by atoms with van der Waals surface area (Å²) < 4.78 is 7.57. The zero-order valence-corrected chi connectivity index (χ0v) is 12.5. The number of benzene rings is 1. The van der Waals surface area contributed by atoms with Crippen LogP contribution >= 0.6 is 15.9 Å². The van der Waals surface area contributed by atoms with E-state index in [-0.39, 0.29) is 11.6 Å². The molecule has 4 rings (SSSR count). The fourth-order valence-electron chi connectivity index (χ4n) is 4.06. The summed E-state index contributed by atoms with van der Waals surface area (Å²) in [4.78, 5) is 2.56. The number of nitrogens with two attached hydrogens (primary N) is 1. The fourth-order valence-corrected chi connectivity index (χ4v) is 4.44. The number of halogens is 1. The molecule has 1 spiro atoms. The molecule has 2 saturated heterocycles. The van der Waals surface area contributed by atoms with E-state index >= 15 is 0 Å². The van der Waals surface area contributed by atoms with E-state index < -0.39 is 0 Å². The third-order valence-electron chi connectivity index (χ3n) is 5.12. The van der Waals surface area contributed by atoms with Crippen molar-refractivity contribution in [2.75, 3.05) is 19.6 Å². The van der Waals surface area contributed by atoms with Crippen molar-refractivity contribution < 1.29 is 4.74 Å². The highest BCUT2D eigenvalue weighted by atomic mass is 79.9. The highest BCUT2D eigenvalue weighted by Gasteiger charge is 2.51. The molecule has 1 aromatic carbocycles. The zero-order valence-electron chi connectivity index (χ0n) is 10.9. The first-order chi connectivity index (χ1) is 9.16. The van der Waals surface area contributed by atoms with E-state index in [0.29, 0.717) is 5.92 Å². The number of piperidine rings is 1. The molecule has 4 heteroatoms. The predicted molar refractivity (Wildman–Crippen MR) is 78.2 cm³/mol. The van der Waals surface area contributed by atoms with E-state index in [4.69, 9.17) is 10.5 Å². The third kappa shape index (κ3) is 1.84. The van der Waals surface area contributed by atoms with Crippen LogP contribution in [-0.4, -0.2) is 30.1 Å². The van der Waals surface area contributed by atoms with Crippen LogP contribution in [0.15, 0.2) is 22.7 Å². The first-order valence-electron chi connectivity index (χ1n) is 7.13. The van der Waals surface area contributed by atoms with E-state index in [1.165, 1.54) is 19.5 Å². The minimum absolute atomic E-state index is 0.00670. The maximum atomic E-state index is 6.49. The highest BCUT2D eigenvalue weighted by Crippen LogP contribution is 2.48. The average Bonchev–Trinajstić information content (AvgIpc) is 2.81. The number of ether oxygens (including phenoxy) is 1. The van der Waals surface area contributed by atoms with E-state index in [1.807, 2.05) is 6.07 Å². The minimum Gasteiger partial charge on any atom is -0.486 e. The molecule has 2 bridgehead atoms. The molecule has 3 unspecified atom stereocenters. The third-order valence-corrected chi connectivity index (χ3v) is 5.61. The molecule has 0 saturated carbocycles. The van der Waals surface area contributed by atoms with Crippen molar-refractivity contribution in [3.05, 3.63) is 28.2 Å². The Hall–Kier alpha value is -0.580. The second-order valence-corrected chi connectivity index (χ2v) is 7.11. The average molecular weight is 323 g/mol. The Morgan fingerprint density at radius 3 is 3.16 bits per heavy atom. The van der Waals surface area contributed by atoms with Gasteiger partial charge in [-0.3, -0.25) is 0 Å². The predicted octanol–water partition coefficient (Wildman–Crippen LogP) is 2.70. The van der Waals surface area contributed by atoms with Gasteiger partial charge in [0.2, 0.25) is 0 Å². The topological polar surface area (TPSA) is 38.5 Å². The van der Waals surface area contributed by atoms with Gasteiger partial charge in [0.15, 0.2) is 0 Å². The van der Waals surface area contributed by atoms with Gasteiger partial charge in [-0.2, -0.15) is 0 Å². The van der Waals surface area contributed by atoms with Gasteiger partial charge < -0.3 is 15.4 Å². The lowest BCUT2D eigenvalue weighted by molar-refractivity contribution is -0.0439. The summed E-state index contributed by atoms with van der Waals surface area (Å²) in [5.41, 5.74) is 7.58. The molecular formula is C15H19BrN2O. The highest BCUT2D eigenvalue weighted by molar-refractivity contribution is 9.10. The maximum absolute atomic E-state index is 6.49. The second kappa shape index (κ2) is 4.21. The van der Waals surface area contributed by atoms with Gasteiger partial charge in [0, 0.05) is 47.9 Å². The summed E-state index contributed by atoms with van der Waals surface area (Å²) >= 11 is 3.52. The lowest BCUT2D eigenvalue weighted by atomic mass is 9.75. The van der Waals surface area contributed by atoms with Gasteiger partial charge in [-0.15, -0.1) is 0 Å². The van der Waals surface area contributed by atoms with Crippen molar-refractivity contribution in [3.63, 3.8) is 0 Å². The SMILES string of the molecule is N[C@H]1CC2(CCN3CCC2C3)Oc2ccc(Br)cc21. The van der Waals surface area contributed by atoms with Crippen molar-refractivity contribution >= 4 is 15.9 Å². The quantitative estimate of drug-likeness (QED) is 0.798. The molecule has 19 heavy (non-hydrogen) atoms. The number of hydrogen-bond donors (Lipinski definition) is 1. The van der Waals surface area contributed by atoms with Gasteiger partial charge in [0.25, 0.3) is 0 Å². The molecule has 0 aromatic heterocycles. The van der Waals surface area contributed by atoms with E-state index in [9.17, 15) is 0 Å². The van der Waals surface area contributed by atoms with E-state index in [0.717, 1.165) is 35.2 Å². The van der Waals surface area contributed by atoms with Gasteiger partial charge in [0.05, 0.1) is 0 Å². The Bertz CT molecular complexity index is 521. The van der Waals surface area contributed by atoms with Gasteiger partial charge in [-0.05, 0) is 31.2 Å². The van der Waals surface area contributed by atoms with Crippen LogP contribution in [0.4, 0.5) is 0 Å². The van der Waals surface area contributed by atoms with Crippen LogP contribution in [0.25, 0.3) is 0 Å². The first kappa shape index (κ1) is 12.2.